The highest BCUT2D eigenvalue weighted by Gasteiger charge is 2.52. The highest BCUT2D eigenvalue weighted by Crippen LogP contribution is 2.35. The van der Waals surface area contributed by atoms with Crippen LogP contribution in [0.3, 0.4) is 0 Å². The third kappa shape index (κ3) is 5.51. The number of carboxylic acids is 1. The number of rotatable bonds is 10. The number of fused-ring (bicyclic) bond motifs is 1. The summed E-state index contributed by atoms with van der Waals surface area (Å²) in [6, 6.07) is 16.5. The molecule has 0 aliphatic carbocycles. The number of hydrogen-bond acceptors (Lipinski definition) is 10. The van der Waals surface area contributed by atoms with Gasteiger partial charge < -0.3 is 30.2 Å². The van der Waals surface area contributed by atoms with Crippen LogP contribution >= 0.6 is 11.6 Å². The Morgan fingerprint density at radius 2 is 1.83 bits per heavy atom. The zero-order valence-corrected chi connectivity index (χ0v) is 23.0. The van der Waals surface area contributed by atoms with E-state index in [1.54, 1.807) is 24.3 Å². The van der Waals surface area contributed by atoms with Crippen LogP contribution in [0.4, 0.5) is 10.2 Å². The topological polar surface area (TPSA) is 172 Å². The molecule has 1 saturated heterocycles. The molecule has 1 fully saturated rings. The summed E-state index contributed by atoms with van der Waals surface area (Å²) >= 11 is 5.90. The Bertz CT molecular complexity index is 1590. The van der Waals surface area contributed by atoms with Crippen molar-refractivity contribution in [1.82, 2.24) is 19.5 Å². The van der Waals surface area contributed by atoms with Crippen molar-refractivity contribution >= 4 is 40.5 Å². The number of benzene rings is 2. The summed E-state index contributed by atoms with van der Waals surface area (Å²) in [7, 11) is 0. The summed E-state index contributed by atoms with van der Waals surface area (Å²) in [6.45, 7) is 0.762. The molecule has 4 aromatic rings. The molecule has 1 aliphatic rings. The second-order valence-corrected chi connectivity index (χ2v) is 9.94. The predicted octanol–water partition coefficient (Wildman–Crippen LogP) is 2.97. The second-order valence-electron chi connectivity index (χ2n) is 9.61. The molecule has 4 N–H and O–H groups in total. The van der Waals surface area contributed by atoms with Crippen molar-refractivity contribution in [2.45, 2.75) is 43.6 Å². The van der Waals surface area contributed by atoms with Gasteiger partial charge in [-0.05, 0) is 35.2 Å². The number of aromatic nitrogens is 4. The molecule has 0 amide bonds. The van der Waals surface area contributed by atoms with E-state index < -0.39 is 55.2 Å². The van der Waals surface area contributed by atoms with Gasteiger partial charge in [0.15, 0.2) is 23.9 Å². The van der Waals surface area contributed by atoms with E-state index in [9.17, 15) is 19.8 Å². The summed E-state index contributed by atoms with van der Waals surface area (Å²) in [5.41, 5.74) is 5.85. The minimum Gasteiger partial charge on any atom is -0.479 e. The van der Waals surface area contributed by atoms with Crippen LogP contribution in [0.2, 0.25) is 5.28 Å². The van der Waals surface area contributed by atoms with Crippen LogP contribution < -0.4 is 5.73 Å². The minimum absolute atomic E-state index is 0.0323. The third-order valence-electron chi connectivity index (χ3n) is 6.95. The van der Waals surface area contributed by atoms with Gasteiger partial charge in [-0.1, -0.05) is 54.6 Å². The van der Waals surface area contributed by atoms with Crippen LogP contribution in [-0.2, 0) is 30.2 Å². The fourth-order valence-electron chi connectivity index (χ4n) is 4.77. The maximum Gasteiger partial charge on any atom is 0.350 e. The number of esters is 1. The Balaban J connectivity index is 1.38. The van der Waals surface area contributed by atoms with Gasteiger partial charge in [0.05, 0.1) is 19.5 Å². The van der Waals surface area contributed by atoms with Gasteiger partial charge in [0.25, 0.3) is 5.60 Å². The van der Waals surface area contributed by atoms with Gasteiger partial charge in [-0.3, -0.25) is 4.57 Å². The summed E-state index contributed by atoms with van der Waals surface area (Å²) in [5.74, 6) is -2.79. The lowest BCUT2D eigenvalue weighted by atomic mass is 9.92. The maximum atomic E-state index is 15.3. The van der Waals surface area contributed by atoms with E-state index in [4.69, 9.17) is 31.5 Å². The number of carboxylic acid groups (broad SMARTS) is 1. The lowest BCUT2D eigenvalue weighted by molar-refractivity contribution is -0.193. The molecular weight excluding hydrogens is 573 g/mol. The van der Waals surface area contributed by atoms with E-state index >= 15 is 4.39 Å². The van der Waals surface area contributed by atoms with Gasteiger partial charge in [0.1, 0.15) is 17.7 Å². The number of halogens is 2. The zero-order valence-electron chi connectivity index (χ0n) is 22.3. The van der Waals surface area contributed by atoms with Crippen LogP contribution in [-0.4, -0.2) is 78.9 Å². The smallest absolute Gasteiger partial charge is 0.350 e. The van der Waals surface area contributed by atoms with Crippen molar-refractivity contribution in [3.63, 3.8) is 0 Å². The van der Waals surface area contributed by atoms with Crippen LogP contribution in [0.1, 0.15) is 18.7 Å². The van der Waals surface area contributed by atoms with Crippen molar-refractivity contribution in [3.8, 4) is 11.1 Å². The zero-order chi connectivity index (χ0) is 30.0. The number of aliphatic hydroxyl groups is 1. The molecule has 2 aromatic heterocycles. The first-order chi connectivity index (χ1) is 20.1. The Morgan fingerprint density at radius 3 is 2.50 bits per heavy atom. The lowest BCUT2D eigenvalue weighted by Crippen LogP contribution is -2.53. The summed E-state index contributed by atoms with van der Waals surface area (Å²) in [6.07, 6.45) is -5.75. The van der Waals surface area contributed by atoms with Crippen LogP contribution in [0.15, 0.2) is 60.9 Å². The first-order valence-electron chi connectivity index (χ1n) is 13.0. The van der Waals surface area contributed by atoms with Crippen molar-refractivity contribution in [1.29, 1.82) is 0 Å². The van der Waals surface area contributed by atoms with E-state index in [0.29, 0.717) is 5.56 Å². The molecule has 220 valence electrons. The van der Waals surface area contributed by atoms with E-state index in [1.165, 1.54) is 17.8 Å². The van der Waals surface area contributed by atoms with Crippen LogP contribution in [0.5, 0.6) is 0 Å². The molecule has 42 heavy (non-hydrogen) atoms. The second kappa shape index (κ2) is 12.0. The Morgan fingerprint density at radius 1 is 1.14 bits per heavy atom. The molecule has 0 saturated carbocycles. The Labute approximate surface area is 243 Å². The first-order valence-corrected chi connectivity index (χ1v) is 13.3. The number of aliphatic hydroxyl groups excluding tert-OH is 1. The number of ether oxygens (including phenoxy) is 3. The maximum absolute atomic E-state index is 15.3. The minimum atomic E-state index is -2.51. The fraction of sp³-hybridized carbons (Fsp3) is 0.321. The van der Waals surface area contributed by atoms with Gasteiger partial charge in [0.2, 0.25) is 5.28 Å². The molecule has 2 aromatic carbocycles. The predicted molar refractivity (Wildman–Crippen MR) is 148 cm³/mol. The largest absolute Gasteiger partial charge is 0.479 e. The first kappa shape index (κ1) is 29.3. The SMILES string of the molecule is CCOC(=O)C(Cc1ccc(-c2ccccc2)cc1)(OC[C@H]1O[C@@H](n2cnc3c(N)nc(Cl)nc32)[C@@H](F)[C@@H]1O)C(=O)O. The number of alkyl halides is 1. The molecular formula is C28H27ClFN5O7. The Hall–Kier alpha value is -4.17. The molecule has 0 radical (unpaired) electrons. The van der Waals surface area contributed by atoms with Crippen molar-refractivity contribution in [3.05, 3.63) is 71.8 Å². The molecule has 12 nitrogen and oxygen atoms in total. The number of aliphatic carboxylic acids is 1. The quantitative estimate of drug-likeness (QED) is 0.139. The molecule has 5 atom stereocenters. The molecule has 1 aliphatic heterocycles. The summed E-state index contributed by atoms with van der Waals surface area (Å²) in [4.78, 5) is 37.5. The number of anilines is 1. The van der Waals surface area contributed by atoms with Crippen molar-refractivity contribution < 1.29 is 38.4 Å². The molecule has 0 spiro atoms. The molecule has 14 heteroatoms. The standard InChI is InChI=1S/C28H27ClFN5O7/c1-2-40-26(39)28(25(37)38,12-15-8-10-17(11-9-15)16-6-4-3-5-7-16)41-13-18-21(36)19(30)24(42-18)35-14-32-20-22(31)33-27(29)34-23(20)35/h3-11,14,18-19,21,24,36H,2,12-13H2,1H3,(H,37,38)(H2,31,33,34)/t18-,19+,21-,24-,28?/m1/s1. The number of carbonyl (C=O) groups is 2. The monoisotopic (exact) mass is 599 g/mol. The normalized spacial score (nSPS) is 21.7. The number of nitrogens with zero attached hydrogens (tertiary/aromatic N) is 4. The Kier molecular flexibility index (Phi) is 8.36. The van der Waals surface area contributed by atoms with E-state index in [-0.39, 0.29) is 28.9 Å². The van der Waals surface area contributed by atoms with Gasteiger partial charge in [0, 0.05) is 6.42 Å². The number of nitrogens with two attached hydrogens (primary N) is 1. The summed E-state index contributed by atoms with van der Waals surface area (Å²) < 4.78 is 33.0. The third-order valence-corrected chi connectivity index (χ3v) is 7.12. The molecule has 5 rings (SSSR count). The number of imidazole rings is 1. The number of nitrogen functional groups attached to an aromatic ring is 1. The van der Waals surface area contributed by atoms with Crippen LogP contribution in [0.25, 0.3) is 22.3 Å². The highest BCUT2D eigenvalue weighted by atomic mass is 35.5. The lowest BCUT2D eigenvalue weighted by Gasteiger charge is -2.29. The van der Waals surface area contributed by atoms with Crippen molar-refractivity contribution in [2.24, 2.45) is 0 Å². The van der Waals surface area contributed by atoms with Gasteiger partial charge in [-0.25, -0.2) is 19.0 Å². The summed E-state index contributed by atoms with van der Waals surface area (Å²) in [5, 5.41) is 20.7. The number of carbonyl (C=O) groups excluding carboxylic acids is 1. The van der Waals surface area contributed by atoms with Gasteiger partial charge in [-0.15, -0.1) is 0 Å². The van der Waals surface area contributed by atoms with Gasteiger partial charge >= 0.3 is 11.9 Å². The molecule has 0 bridgehead atoms. The average Bonchev–Trinajstić information content (AvgIpc) is 3.52. The highest BCUT2D eigenvalue weighted by molar-refractivity contribution is 6.28. The average molecular weight is 600 g/mol. The molecule has 1 unspecified atom stereocenters. The van der Waals surface area contributed by atoms with Gasteiger partial charge in [-0.2, -0.15) is 9.97 Å². The van der Waals surface area contributed by atoms with E-state index in [1.807, 2.05) is 30.3 Å². The number of hydrogen-bond donors (Lipinski definition) is 3. The van der Waals surface area contributed by atoms with E-state index in [0.717, 1.165) is 11.1 Å². The van der Waals surface area contributed by atoms with Crippen molar-refractivity contribution in [2.75, 3.05) is 18.9 Å². The van der Waals surface area contributed by atoms with Crippen LogP contribution in [0, 0.1) is 0 Å². The van der Waals surface area contributed by atoms with E-state index in [2.05, 4.69) is 15.0 Å². The fourth-order valence-corrected chi connectivity index (χ4v) is 4.95. The molecule has 3 heterocycles.